The molecule has 170 valence electrons. The van der Waals surface area contributed by atoms with Crippen LogP contribution in [-0.4, -0.2) is 37.7 Å². The zero-order valence-corrected chi connectivity index (χ0v) is 18.8. The Hall–Kier alpha value is -4.12. The fourth-order valence-electron chi connectivity index (χ4n) is 2.87. The number of carbonyl (C=O) groups is 2. The summed E-state index contributed by atoms with van der Waals surface area (Å²) in [5.74, 6) is -1.69. The fourth-order valence-corrected chi connectivity index (χ4v) is 3.95. The van der Waals surface area contributed by atoms with Crippen LogP contribution in [0.3, 0.4) is 0 Å². The number of thiazole rings is 1. The average molecular weight is 468 g/mol. The molecule has 2 aromatic heterocycles. The van der Waals surface area contributed by atoms with Crippen LogP contribution >= 0.6 is 11.3 Å². The van der Waals surface area contributed by atoms with Crippen molar-refractivity contribution in [2.45, 2.75) is 19.9 Å². The van der Waals surface area contributed by atoms with Gasteiger partial charge in [0.05, 0.1) is 11.9 Å². The van der Waals surface area contributed by atoms with Crippen LogP contribution in [0, 0.1) is 0 Å². The highest BCUT2D eigenvalue weighted by Gasteiger charge is 2.28. The zero-order chi connectivity index (χ0) is 24.1. The molecule has 1 amide bonds. The standard InChI is InChI=1S/C22H22FN7O2S/c1-4-15(23)11-10-13(2)30(14(3)21(25)32)22-26-20(24)19(33-22)18(31)17-12-29(28-27-17)16-8-6-5-7-9-16/h4-12,14H,1,24H2,2-3H3,(H2,25,32)/b13-10+,15-11+. The van der Waals surface area contributed by atoms with Crippen LogP contribution in [0.5, 0.6) is 0 Å². The fraction of sp³-hybridized carbons (Fsp3) is 0.136. The number of ketones is 1. The number of nitrogen functional groups attached to an aromatic ring is 1. The van der Waals surface area contributed by atoms with Gasteiger partial charge < -0.3 is 16.4 Å². The third kappa shape index (κ3) is 5.21. The van der Waals surface area contributed by atoms with Crippen molar-refractivity contribution >= 4 is 34.0 Å². The van der Waals surface area contributed by atoms with Crippen molar-refractivity contribution < 1.29 is 14.0 Å². The van der Waals surface area contributed by atoms with Gasteiger partial charge in [0.15, 0.2) is 10.8 Å². The van der Waals surface area contributed by atoms with Gasteiger partial charge in [-0.2, -0.15) is 0 Å². The average Bonchev–Trinajstić information content (AvgIpc) is 3.45. The number of benzene rings is 1. The number of aromatic nitrogens is 4. The lowest BCUT2D eigenvalue weighted by atomic mass is 10.2. The highest BCUT2D eigenvalue weighted by molar-refractivity contribution is 7.18. The molecule has 2 heterocycles. The normalized spacial score (nSPS) is 12.9. The third-order valence-electron chi connectivity index (χ3n) is 4.66. The van der Waals surface area contributed by atoms with Crippen LogP contribution in [0.4, 0.5) is 15.3 Å². The monoisotopic (exact) mass is 467 g/mol. The van der Waals surface area contributed by atoms with E-state index < -0.39 is 23.6 Å². The predicted octanol–water partition coefficient (Wildman–Crippen LogP) is 3.16. The number of hydrogen-bond donors (Lipinski definition) is 2. The van der Waals surface area contributed by atoms with E-state index in [1.54, 1.807) is 13.8 Å². The molecule has 3 aromatic rings. The highest BCUT2D eigenvalue weighted by atomic mass is 32.1. The van der Waals surface area contributed by atoms with Crippen molar-refractivity contribution in [3.8, 4) is 5.69 Å². The number of halogens is 1. The van der Waals surface area contributed by atoms with Crippen molar-refractivity contribution in [3.05, 3.63) is 83.4 Å². The van der Waals surface area contributed by atoms with Gasteiger partial charge in [-0.05, 0) is 44.2 Å². The lowest BCUT2D eigenvalue weighted by molar-refractivity contribution is -0.118. The maximum Gasteiger partial charge on any atom is 0.240 e. The SMILES string of the molecule is C=C/C(F)=C\C=C(/C)N(c1nc(N)c(C(=O)c2cn(-c3ccccc3)nn2)s1)C(C)C(N)=O. The quantitative estimate of drug-likeness (QED) is 0.365. The van der Waals surface area contributed by atoms with Crippen molar-refractivity contribution in [1.29, 1.82) is 0 Å². The van der Waals surface area contributed by atoms with Crippen molar-refractivity contribution in [1.82, 2.24) is 20.0 Å². The molecule has 4 N–H and O–H groups in total. The number of nitrogens with two attached hydrogens (primary N) is 2. The van der Waals surface area contributed by atoms with Crippen LogP contribution in [0.2, 0.25) is 0 Å². The summed E-state index contributed by atoms with van der Waals surface area (Å²) in [6, 6.07) is 8.35. The summed E-state index contributed by atoms with van der Waals surface area (Å²) < 4.78 is 15.0. The van der Waals surface area contributed by atoms with Crippen LogP contribution in [0.1, 0.15) is 29.2 Å². The van der Waals surface area contributed by atoms with E-state index in [1.807, 2.05) is 30.3 Å². The number of nitrogens with zero attached hydrogens (tertiary/aromatic N) is 5. The van der Waals surface area contributed by atoms with Gasteiger partial charge in [-0.15, -0.1) is 5.10 Å². The van der Waals surface area contributed by atoms with Crippen LogP contribution in [0.15, 0.2) is 72.9 Å². The molecule has 0 bridgehead atoms. The van der Waals surface area contributed by atoms with Crippen LogP contribution in [-0.2, 0) is 4.79 Å². The number of rotatable bonds is 9. The molecule has 1 atom stereocenters. The molecule has 1 aromatic carbocycles. The number of carbonyl (C=O) groups excluding carboxylic acids is 2. The van der Waals surface area contributed by atoms with Gasteiger partial charge in [0.2, 0.25) is 11.7 Å². The Labute approximate surface area is 193 Å². The minimum Gasteiger partial charge on any atom is -0.382 e. The van der Waals surface area contributed by atoms with Crippen LogP contribution in [0.25, 0.3) is 5.69 Å². The molecule has 0 spiro atoms. The van der Waals surface area contributed by atoms with E-state index in [0.29, 0.717) is 5.70 Å². The van der Waals surface area contributed by atoms with E-state index in [-0.39, 0.29) is 21.5 Å². The van der Waals surface area contributed by atoms with Gasteiger partial charge >= 0.3 is 0 Å². The lowest BCUT2D eigenvalue weighted by Gasteiger charge is -2.27. The van der Waals surface area contributed by atoms with E-state index in [4.69, 9.17) is 11.5 Å². The summed E-state index contributed by atoms with van der Waals surface area (Å²) in [6.45, 7) is 6.57. The number of hydrogen-bond acceptors (Lipinski definition) is 8. The summed E-state index contributed by atoms with van der Waals surface area (Å²) in [5.41, 5.74) is 12.8. The minimum absolute atomic E-state index is 0.0310. The smallest absolute Gasteiger partial charge is 0.240 e. The zero-order valence-electron chi connectivity index (χ0n) is 18.0. The predicted molar refractivity (Wildman–Crippen MR) is 126 cm³/mol. The van der Waals surface area contributed by atoms with Gasteiger partial charge in [0.1, 0.15) is 22.6 Å². The molecular formula is C22H22FN7O2S. The molecule has 1 unspecified atom stereocenters. The summed E-state index contributed by atoms with van der Waals surface area (Å²) in [7, 11) is 0. The Bertz CT molecular complexity index is 1250. The molecule has 33 heavy (non-hydrogen) atoms. The van der Waals surface area contributed by atoms with Crippen molar-refractivity contribution in [2.24, 2.45) is 5.73 Å². The number of amides is 1. The number of allylic oxidation sites excluding steroid dienone is 5. The Morgan fingerprint density at radius 3 is 2.61 bits per heavy atom. The third-order valence-corrected chi connectivity index (χ3v) is 5.73. The first kappa shape index (κ1) is 23.5. The maximum absolute atomic E-state index is 13.5. The molecule has 0 saturated carbocycles. The second-order valence-electron chi connectivity index (χ2n) is 6.94. The van der Waals surface area contributed by atoms with Gasteiger partial charge in [-0.3, -0.25) is 9.59 Å². The molecule has 0 fully saturated rings. The number of primary amides is 1. The highest BCUT2D eigenvalue weighted by Crippen LogP contribution is 2.33. The molecule has 0 aliphatic heterocycles. The Morgan fingerprint density at radius 2 is 1.97 bits per heavy atom. The number of para-hydroxylation sites is 1. The first-order valence-corrected chi connectivity index (χ1v) is 10.6. The Kier molecular flexibility index (Phi) is 7.13. The lowest BCUT2D eigenvalue weighted by Crippen LogP contribution is -2.41. The van der Waals surface area contributed by atoms with Gasteiger partial charge in [-0.1, -0.05) is 41.3 Å². The second kappa shape index (κ2) is 10.0. The van der Waals surface area contributed by atoms with Crippen molar-refractivity contribution in [3.63, 3.8) is 0 Å². The van der Waals surface area contributed by atoms with E-state index in [0.717, 1.165) is 23.1 Å². The molecule has 0 radical (unpaired) electrons. The Balaban J connectivity index is 1.96. The minimum atomic E-state index is -0.839. The van der Waals surface area contributed by atoms with Crippen LogP contribution < -0.4 is 16.4 Å². The largest absolute Gasteiger partial charge is 0.382 e. The first-order valence-electron chi connectivity index (χ1n) is 9.76. The summed E-state index contributed by atoms with van der Waals surface area (Å²) in [5, 5.41) is 8.19. The summed E-state index contributed by atoms with van der Waals surface area (Å²) in [6.07, 6.45) is 5.18. The van der Waals surface area contributed by atoms with Gasteiger partial charge in [0.25, 0.3) is 0 Å². The maximum atomic E-state index is 13.5. The Morgan fingerprint density at radius 1 is 1.27 bits per heavy atom. The molecule has 3 rings (SSSR count). The molecule has 0 saturated heterocycles. The van der Waals surface area contributed by atoms with E-state index in [9.17, 15) is 14.0 Å². The molecule has 0 aliphatic rings. The van der Waals surface area contributed by atoms with Gasteiger partial charge in [0, 0.05) is 5.70 Å². The first-order chi connectivity index (χ1) is 15.7. The summed E-state index contributed by atoms with van der Waals surface area (Å²) in [4.78, 5) is 30.8. The second-order valence-corrected chi connectivity index (χ2v) is 7.91. The summed E-state index contributed by atoms with van der Waals surface area (Å²) >= 11 is 0.970. The van der Waals surface area contributed by atoms with E-state index >= 15 is 0 Å². The van der Waals surface area contributed by atoms with Gasteiger partial charge in [-0.25, -0.2) is 14.1 Å². The molecule has 0 aliphatic carbocycles. The molecule has 11 heteroatoms. The van der Waals surface area contributed by atoms with E-state index in [1.165, 1.54) is 27.9 Å². The number of anilines is 2. The molecular weight excluding hydrogens is 445 g/mol. The van der Waals surface area contributed by atoms with Crippen molar-refractivity contribution in [2.75, 3.05) is 10.6 Å². The molecule has 9 nitrogen and oxygen atoms in total. The topological polar surface area (TPSA) is 133 Å². The van der Waals surface area contributed by atoms with E-state index in [2.05, 4.69) is 21.9 Å².